The molecule has 0 saturated carbocycles. The number of anilines is 1. The minimum atomic E-state index is 0.434. The molecule has 9 nitrogen and oxygen atoms in total. The number of carbonyl (C=O) groups is 1. The molecule has 0 radical (unpaired) electrons. The number of hydrogen-bond donors (Lipinski definition) is 1. The third-order valence-electron chi connectivity index (χ3n) is 6.61. The Balaban J connectivity index is 1.64. The Hall–Kier alpha value is -3.05. The molecule has 1 fully saturated rings. The van der Waals surface area contributed by atoms with E-state index in [0.717, 1.165) is 81.1 Å². The van der Waals surface area contributed by atoms with E-state index in [1.165, 1.54) is 6.33 Å². The van der Waals surface area contributed by atoms with Crippen molar-refractivity contribution in [2.24, 2.45) is 0 Å². The number of carbonyl (C=O) groups excluding carboxylic acids is 1. The number of benzene rings is 1. The Bertz CT molecular complexity index is 1370. The lowest BCUT2D eigenvalue weighted by Gasteiger charge is -2.33. The van der Waals surface area contributed by atoms with Crippen molar-refractivity contribution in [3.05, 3.63) is 41.3 Å². The van der Waals surface area contributed by atoms with Gasteiger partial charge in [-0.05, 0) is 30.0 Å². The summed E-state index contributed by atoms with van der Waals surface area (Å²) in [5.41, 5.74) is 11.5. The van der Waals surface area contributed by atoms with Gasteiger partial charge in [-0.1, -0.05) is 6.07 Å². The van der Waals surface area contributed by atoms with E-state index in [-0.39, 0.29) is 0 Å². The van der Waals surface area contributed by atoms with E-state index in [2.05, 4.69) is 45.0 Å². The maximum Gasteiger partial charge on any atom is 0.152 e. The fraction of sp³-hybridized carbons (Fsp3) is 0.400. The highest BCUT2D eigenvalue weighted by atomic mass is 32.1. The highest BCUT2D eigenvalue weighted by Crippen LogP contribution is 2.44. The monoisotopic (exact) mass is 494 g/mol. The molecular weight excluding hydrogens is 464 g/mol. The second-order valence-corrected chi connectivity index (χ2v) is 9.93. The van der Waals surface area contributed by atoms with Gasteiger partial charge in [-0.15, -0.1) is 11.3 Å². The van der Waals surface area contributed by atoms with E-state index in [1.807, 2.05) is 4.52 Å². The van der Waals surface area contributed by atoms with Gasteiger partial charge in [-0.2, -0.15) is 5.10 Å². The van der Waals surface area contributed by atoms with Crippen molar-refractivity contribution in [1.82, 2.24) is 24.4 Å². The second-order valence-electron chi connectivity index (χ2n) is 8.88. The molecule has 1 aliphatic heterocycles. The number of thiophene rings is 1. The lowest BCUT2D eigenvalue weighted by atomic mass is 10.1. The molecule has 2 N–H and O–H groups in total. The number of fused-ring (bicyclic) bond motifs is 2. The highest BCUT2D eigenvalue weighted by molar-refractivity contribution is 7.22. The molecule has 35 heavy (non-hydrogen) atoms. The summed E-state index contributed by atoms with van der Waals surface area (Å²) in [5.74, 6) is 1.31. The molecule has 0 atom stereocenters. The smallest absolute Gasteiger partial charge is 0.152 e. The molecule has 184 valence electrons. The number of methoxy groups -OCH3 is 2. The molecule has 4 aromatic rings. The Morgan fingerprint density at radius 3 is 2.63 bits per heavy atom. The number of nitrogens with zero attached hydrogens (tertiary/aromatic N) is 5. The van der Waals surface area contributed by atoms with Crippen molar-refractivity contribution in [3.8, 4) is 16.2 Å². The van der Waals surface area contributed by atoms with Crippen molar-refractivity contribution in [2.45, 2.75) is 20.1 Å². The van der Waals surface area contributed by atoms with E-state index in [0.29, 0.717) is 25.5 Å². The predicted molar refractivity (Wildman–Crippen MR) is 138 cm³/mol. The van der Waals surface area contributed by atoms with E-state index in [1.54, 1.807) is 25.6 Å². The highest BCUT2D eigenvalue weighted by Gasteiger charge is 2.27. The number of hydrogen-bond acceptors (Lipinski definition) is 9. The first-order valence-corrected chi connectivity index (χ1v) is 12.4. The first-order chi connectivity index (χ1) is 17.0. The van der Waals surface area contributed by atoms with Crippen LogP contribution in [-0.2, 0) is 22.7 Å². The Morgan fingerprint density at radius 1 is 1.14 bits per heavy atom. The lowest BCUT2D eigenvalue weighted by molar-refractivity contribution is -0.109. The lowest BCUT2D eigenvalue weighted by Crippen LogP contribution is -2.46. The third kappa shape index (κ3) is 4.38. The number of ether oxygens (including phenoxy) is 2. The van der Waals surface area contributed by atoms with E-state index in [4.69, 9.17) is 15.2 Å². The first kappa shape index (κ1) is 23.7. The minimum Gasteiger partial charge on any atom is -0.495 e. The van der Waals surface area contributed by atoms with Crippen molar-refractivity contribution >= 4 is 39.0 Å². The zero-order valence-corrected chi connectivity index (χ0v) is 21.1. The molecule has 0 bridgehead atoms. The van der Waals surface area contributed by atoms with Crippen LogP contribution in [0, 0.1) is 6.92 Å². The van der Waals surface area contributed by atoms with Gasteiger partial charge in [0, 0.05) is 55.8 Å². The van der Waals surface area contributed by atoms with E-state index < -0.39 is 0 Å². The number of aryl methyl sites for hydroxylation is 1. The van der Waals surface area contributed by atoms with Crippen molar-refractivity contribution < 1.29 is 14.3 Å². The first-order valence-electron chi connectivity index (χ1n) is 11.6. The molecule has 0 amide bonds. The Labute approximate surface area is 208 Å². The van der Waals surface area contributed by atoms with Crippen molar-refractivity contribution in [1.29, 1.82) is 0 Å². The summed E-state index contributed by atoms with van der Waals surface area (Å²) >= 11 is 1.68. The zero-order chi connectivity index (χ0) is 24.5. The van der Waals surface area contributed by atoms with Gasteiger partial charge in [-0.3, -0.25) is 9.80 Å². The van der Waals surface area contributed by atoms with Crippen LogP contribution in [0.1, 0.15) is 16.8 Å². The SMILES string of the molecule is COCc1c(-c2cc3cc(C)cc(OC)c3s2)c2c(N)ncnn2c1CN1CCN(CC=O)CC1. The van der Waals surface area contributed by atoms with Crippen LogP contribution in [-0.4, -0.2) is 77.6 Å². The number of nitrogen functional groups attached to an aromatic ring is 1. The maximum atomic E-state index is 10.9. The summed E-state index contributed by atoms with van der Waals surface area (Å²) in [6.07, 6.45) is 2.48. The minimum absolute atomic E-state index is 0.434. The molecule has 1 saturated heterocycles. The molecular formula is C25H30N6O3S. The van der Waals surface area contributed by atoms with Crippen LogP contribution in [0.2, 0.25) is 0 Å². The van der Waals surface area contributed by atoms with Gasteiger partial charge < -0.3 is 20.0 Å². The molecule has 1 aliphatic rings. The number of aldehydes is 1. The summed E-state index contributed by atoms with van der Waals surface area (Å²) < 4.78 is 14.4. The summed E-state index contributed by atoms with van der Waals surface area (Å²) in [5, 5.41) is 5.74. The third-order valence-corrected chi connectivity index (χ3v) is 7.80. The maximum absolute atomic E-state index is 10.9. The summed E-state index contributed by atoms with van der Waals surface area (Å²) in [7, 11) is 3.41. The fourth-order valence-electron chi connectivity index (χ4n) is 4.93. The largest absolute Gasteiger partial charge is 0.495 e. The predicted octanol–water partition coefficient (Wildman–Crippen LogP) is 2.97. The van der Waals surface area contributed by atoms with Crippen LogP contribution in [0.3, 0.4) is 0 Å². The van der Waals surface area contributed by atoms with Gasteiger partial charge in [0.1, 0.15) is 23.9 Å². The van der Waals surface area contributed by atoms with Crippen molar-refractivity contribution in [3.63, 3.8) is 0 Å². The quantitative estimate of drug-likeness (QED) is 0.374. The van der Waals surface area contributed by atoms with Crippen LogP contribution in [0.25, 0.3) is 26.0 Å². The summed E-state index contributed by atoms with van der Waals surface area (Å²) in [6, 6.07) is 6.42. The summed E-state index contributed by atoms with van der Waals surface area (Å²) in [4.78, 5) is 20.9. The number of aromatic nitrogens is 3. The summed E-state index contributed by atoms with van der Waals surface area (Å²) in [6.45, 7) is 7.18. The molecule has 0 spiro atoms. The van der Waals surface area contributed by atoms with Crippen LogP contribution in [0.5, 0.6) is 5.75 Å². The number of piperazine rings is 1. The normalized spacial score (nSPS) is 15.3. The van der Waals surface area contributed by atoms with E-state index >= 15 is 0 Å². The van der Waals surface area contributed by atoms with Gasteiger partial charge in [-0.25, -0.2) is 9.50 Å². The van der Waals surface area contributed by atoms with Crippen LogP contribution in [0.15, 0.2) is 24.5 Å². The Morgan fingerprint density at radius 2 is 1.91 bits per heavy atom. The molecule has 10 heteroatoms. The molecule has 0 aliphatic carbocycles. The average Bonchev–Trinajstić information content (AvgIpc) is 3.40. The molecule has 3 aromatic heterocycles. The Kier molecular flexibility index (Phi) is 6.70. The molecule has 5 rings (SSSR count). The van der Waals surface area contributed by atoms with Gasteiger partial charge >= 0.3 is 0 Å². The van der Waals surface area contributed by atoms with Crippen LogP contribution in [0.4, 0.5) is 5.82 Å². The standard InChI is InChI=1S/C25H30N6O3S/c1-16-10-17-12-21(35-24(17)20(11-16)34-3)22-18(14-33-2)19(31-23(22)25(26)27-15-28-31)13-30-6-4-29(5-7-30)8-9-32/h9-12,15H,4-8,13-14H2,1-3H3,(H2,26,27,28). The zero-order valence-electron chi connectivity index (χ0n) is 20.3. The van der Waals surface area contributed by atoms with Gasteiger partial charge in [0.2, 0.25) is 0 Å². The number of rotatable bonds is 8. The van der Waals surface area contributed by atoms with Gasteiger partial charge in [0.05, 0.1) is 30.7 Å². The number of nitrogens with two attached hydrogens (primary N) is 1. The van der Waals surface area contributed by atoms with Gasteiger partial charge in [0.15, 0.2) is 5.82 Å². The van der Waals surface area contributed by atoms with Crippen LogP contribution >= 0.6 is 11.3 Å². The molecule has 1 aromatic carbocycles. The van der Waals surface area contributed by atoms with E-state index in [9.17, 15) is 4.79 Å². The fourth-order valence-corrected chi connectivity index (χ4v) is 6.14. The van der Waals surface area contributed by atoms with Crippen LogP contribution < -0.4 is 10.5 Å². The molecule has 0 unspecified atom stereocenters. The molecule has 4 heterocycles. The van der Waals surface area contributed by atoms with Gasteiger partial charge in [0.25, 0.3) is 0 Å². The van der Waals surface area contributed by atoms with Crippen molar-refractivity contribution in [2.75, 3.05) is 52.7 Å². The topological polar surface area (TPSA) is 98.2 Å². The average molecular weight is 495 g/mol. The second kappa shape index (κ2) is 9.90.